The van der Waals surface area contributed by atoms with Crippen molar-refractivity contribution in [2.24, 2.45) is 5.41 Å². The van der Waals surface area contributed by atoms with Crippen molar-refractivity contribution in [3.8, 4) is 0 Å². The molecule has 0 saturated heterocycles. The van der Waals surface area contributed by atoms with Crippen LogP contribution >= 0.6 is 0 Å². The van der Waals surface area contributed by atoms with E-state index in [4.69, 9.17) is 0 Å². The molecule has 1 rings (SSSR count). The van der Waals surface area contributed by atoms with Gasteiger partial charge in [0.15, 0.2) is 0 Å². The number of aromatic amines is 1. The molecule has 0 saturated carbocycles. The third-order valence-electron chi connectivity index (χ3n) is 2.56. The highest BCUT2D eigenvalue weighted by Gasteiger charge is 2.43. The summed E-state index contributed by atoms with van der Waals surface area (Å²) in [7, 11) is 0. The highest BCUT2D eigenvalue weighted by atomic mass is 19.4. The van der Waals surface area contributed by atoms with Crippen LogP contribution in [0.5, 0.6) is 0 Å². The molecule has 0 aliphatic rings. The molecule has 0 radical (unpaired) electrons. The molecule has 0 aliphatic heterocycles. The predicted octanol–water partition coefficient (Wildman–Crippen LogP) is 2.41. The average molecular weight is 308 g/mol. The summed E-state index contributed by atoms with van der Waals surface area (Å²) in [6.45, 7) is 4.78. The van der Waals surface area contributed by atoms with Crippen LogP contribution < -0.4 is 5.32 Å². The standard InChI is InChI=1S/C11H15F3N4O3/c1-10(2,3)4-7(11(12,13)14)16-9(19)8-6(18(20)21)5-15-17-8/h5,7H,4H2,1-3H3,(H,15,17)(H,16,19)/t7-/m0/s1. The minimum atomic E-state index is -4.66. The number of carbonyl (C=O) groups excluding carboxylic acids is 1. The predicted molar refractivity (Wildman–Crippen MR) is 66.6 cm³/mol. The number of nitro groups is 1. The Bertz CT molecular complexity index is 534. The minimum Gasteiger partial charge on any atom is -0.339 e. The lowest BCUT2D eigenvalue weighted by Crippen LogP contribution is -2.47. The second kappa shape index (κ2) is 5.70. The first kappa shape index (κ1) is 16.9. The van der Waals surface area contributed by atoms with E-state index in [0.29, 0.717) is 0 Å². The van der Waals surface area contributed by atoms with E-state index >= 15 is 0 Å². The normalized spacial score (nSPS) is 13.8. The fourth-order valence-corrected chi connectivity index (χ4v) is 1.68. The maximum Gasteiger partial charge on any atom is 0.408 e. The largest absolute Gasteiger partial charge is 0.408 e. The van der Waals surface area contributed by atoms with Crippen molar-refractivity contribution >= 4 is 11.6 Å². The number of amides is 1. The molecule has 0 aliphatic carbocycles. The summed E-state index contributed by atoms with van der Waals surface area (Å²) in [5.74, 6) is -1.22. The lowest BCUT2D eigenvalue weighted by molar-refractivity contribution is -0.385. The Kier molecular flexibility index (Phi) is 4.59. The zero-order valence-corrected chi connectivity index (χ0v) is 11.6. The second-order valence-corrected chi connectivity index (χ2v) is 5.72. The van der Waals surface area contributed by atoms with E-state index < -0.39 is 39.8 Å². The molecule has 7 nitrogen and oxygen atoms in total. The van der Waals surface area contributed by atoms with Crippen LogP contribution in [0.3, 0.4) is 0 Å². The smallest absolute Gasteiger partial charge is 0.339 e. The SMILES string of the molecule is CC(C)(C)C[C@H](NC(=O)c1[nH]ncc1[N+](=O)[O-])C(F)(F)F. The van der Waals surface area contributed by atoms with Gasteiger partial charge >= 0.3 is 11.9 Å². The summed E-state index contributed by atoms with van der Waals surface area (Å²) in [6, 6.07) is -2.10. The molecule has 2 N–H and O–H groups in total. The Morgan fingerprint density at radius 2 is 2.05 bits per heavy atom. The highest BCUT2D eigenvalue weighted by molar-refractivity contribution is 5.96. The Hall–Kier alpha value is -2.13. The first-order valence-corrected chi connectivity index (χ1v) is 5.97. The number of rotatable bonds is 4. The molecular weight excluding hydrogens is 293 g/mol. The van der Waals surface area contributed by atoms with Crippen LogP contribution in [-0.4, -0.2) is 33.2 Å². The molecule has 0 unspecified atom stereocenters. The van der Waals surface area contributed by atoms with Gasteiger partial charge < -0.3 is 5.32 Å². The quantitative estimate of drug-likeness (QED) is 0.658. The number of halogens is 3. The van der Waals surface area contributed by atoms with E-state index in [1.54, 1.807) is 26.1 Å². The molecule has 118 valence electrons. The van der Waals surface area contributed by atoms with Gasteiger partial charge in [-0.25, -0.2) is 0 Å². The van der Waals surface area contributed by atoms with Gasteiger partial charge in [-0.1, -0.05) is 20.8 Å². The number of alkyl halides is 3. The molecule has 10 heteroatoms. The van der Waals surface area contributed by atoms with Crippen molar-refractivity contribution in [3.63, 3.8) is 0 Å². The zero-order chi connectivity index (χ0) is 16.4. The number of nitrogens with one attached hydrogen (secondary N) is 2. The van der Waals surface area contributed by atoms with Gasteiger partial charge in [-0.15, -0.1) is 0 Å². The minimum absolute atomic E-state index is 0.357. The number of nitrogens with zero attached hydrogens (tertiary/aromatic N) is 2. The molecule has 1 atom stereocenters. The van der Waals surface area contributed by atoms with Gasteiger partial charge in [0.25, 0.3) is 5.91 Å². The number of carbonyl (C=O) groups is 1. The van der Waals surface area contributed by atoms with E-state index in [1.807, 2.05) is 5.10 Å². The van der Waals surface area contributed by atoms with Crippen LogP contribution in [0.1, 0.15) is 37.7 Å². The van der Waals surface area contributed by atoms with Crippen LogP contribution in [0.2, 0.25) is 0 Å². The lowest BCUT2D eigenvalue weighted by atomic mass is 9.88. The molecule has 1 heterocycles. The molecular formula is C11H15F3N4O3. The van der Waals surface area contributed by atoms with E-state index in [0.717, 1.165) is 6.20 Å². The molecule has 0 aromatic carbocycles. The number of aromatic nitrogens is 2. The number of H-pyrrole nitrogens is 1. The van der Waals surface area contributed by atoms with Crippen molar-refractivity contribution < 1.29 is 22.9 Å². The molecule has 0 spiro atoms. The molecule has 0 fully saturated rings. The summed E-state index contributed by atoms with van der Waals surface area (Å²) in [6.07, 6.45) is -4.25. The van der Waals surface area contributed by atoms with Gasteiger partial charge in [-0.2, -0.15) is 18.3 Å². The van der Waals surface area contributed by atoms with Gasteiger partial charge in [0.2, 0.25) is 5.69 Å². The van der Waals surface area contributed by atoms with Crippen LogP contribution in [-0.2, 0) is 0 Å². The molecule has 1 aromatic heterocycles. The van der Waals surface area contributed by atoms with Gasteiger partial charge in [0.1, 0.15) is 12.2 Å². The first-order chi connectivity index (χ1) is 9.42. The zero-order valence-electron chi connectivity index (χ0n) is 11.6. The fraction of sp³-hybridized carbons (Fsp3) is 0.636. The van der Waals surface area contributed by atoms with E-state index in [9.17, 15) is 28.1 Å². The Labute approximate surface area is 118 Å². The Balaban J connectivity index is 2.96. The van der Waals surface area contributed by atoms with Crippen molar-refractivity contribution in [2.75, 3.05) is 0 Å². The number of hydrogen-bond donors (Lipinski definition) is 2. The third-order valence-corrected chi connectivity index (χ3v) is 2.56. The summed E-state index contributed by atoms with van der Waals surface area (Å²) in [4.78, 5) is 21.5. The van der Waals surface area contributed by atoms with Crippen LogP contribution in [0.4, 0.5) is 18.9 Å². The highest BCUT2D eigenvalue weighted by Crippen LogP contribution is 2.31. The topological polar surface area (TPSA) is 101 Å². The molecule has 21 heavy (non-hydrogen) atoms. The lowest BCUT2D eigenvalue weighted by Gasteiger charge is -2.28. The summed E-state index contributed by atoms with van der Waals surface area (Å²) >= 11 is 0. The Morgan fingerprint density at radius 1 is 1.48 bits per heavy atom. The second-order valence-electron chi connectivity index (χ2n) is 5.72. The maximum absolute atomic E-state index is 12.9. The first-order valence-electron chi connectivity index (χ1n) is 5.97. The average Bonchev–Trinajstić information content (AvgIpc) is 2.73. The molecule has 1 aromatic rings. The molecule has 1 amide bonds. The monoisotopic (exact) mass is 308 g/mol. The summed E-state index contributed by atoms with van der Waals surface area (Å²) < 4.78 is 38.8. The maximum atomic E-state index is 12.9. The fourth-order valence-electron chi connectivity index (χ4n) is 1.68. The van der Waals surface area contributed by atoms with Gasteiger partial charge in [0.05, 0.1) is 4.92 Å². The van der Waals surface area contributed by atoms with E-state index in [2.05, 4.69) is 5.10 Å². The van der Waals surface area contributed by atoms with Crippen LogP contribution in [0, 0.1) is 15.5 Å². The van der Waals surface area contributed by atoms with Crippen LogP contribution in [0.15, 0.2) is 6.20 Å². The molecule has 0 bridgehead atoms. The van der Waals surface area contributed by atoms with Gasteiger partial charge in [0, 0.05) is 0 Å². The van der Waals surface area contributed by atoms with Crippen molar-refractivity contribution in [2.45, 2.75) is 39.4 Å². The summed E-state index contributed by atoms with van der Waals surface area (Å²) in [5, 5.41) is 17.7. The van der Waals surface area contributed by atoms with Crippen LogP contribution in [0.25, 0.3) is 0 Å². The van der Waals surface area contributed by atoms with E-state index in [-0.39, 0.29) is 6.42 Å². The summed E-state index contributed by atoms with van der Waals surface area (Å²) in [5.41, 5.74) is -1.97. The third kappa shape index (κ3) is 4.72. The van der Waals surface area contributed by atoms with E-state index in [1.165, 1.54) is 0 Å². The van der Waals surface area contributed by atoms with Gasteiger partial charge in [-0.3, -0.25) is 20.0 Å². The van der Waals surface area contributed by atoms with Crippen molar-refractivity contribution in [1.82, 2.24) is 15.5 Å². The van der Waals surface area contributed by atoms with Crippen molar-refractivity contribution in [1.29, 1.82) is 0 Å². The Morgan fingerprint density at radius 3 is 2.48 bits per heavy atom. The van der Waals surface area contributed by atoms with Crippen molar-refractivity contribution in [3.05, 3.63) is 22.0 Å². The number of hydrogen-bond acceptors (Lipinski definition) is 4. The van der Waals surface area contributed by atoms with Gasteiger partial charge in [-0.05, 0) is 11.8 Å².